The number of anilines is 1. The molecule has 0 aliphatic carbocycles. The van der Waals surface area contributed by atoms with Gasteiger partial charge in [0.25, 0.3) is 11.8 Å². The highest BCUT2D eigenvalue weighted by Crippen LogP contribution is 2.31. The van der Waals surface area contributed by atoms with Crippen LogP contribution in [0.25, 0.3) is 0 Å². The van der Waals surface area contributed by atoms with Gasteiger partial charge in [-0.2, -0.15) is 0 Å². The van der Waals surface area contributed by atoms with Gasteiger partial charge in [-0.25, -0.2) is 0 Å². The molecule has 0 saturated carbocycles. The number of amides is 2. The molecule has 6 heteroatoms. The second kappa shape index (κ2) is 6.48. The topological polar surface area (TPSA) is 71.5 Å². The summed E-state index contributed by atoms with van der Waals surface area (Å²) in [5.74, 6) is 0.122. The summed E-state index contributed by atoms with van der Waals surface area (Å²) in [6.45, 7) is 0.545. The number of pyridine rings is 1. The lowest BCUT2D eigenvalue weighted by Crippen LogP contribution is -2.32. The normalized spacial score (nSPS) is 12.8. The van der Waals surface area contributed by atoms with Gasteiger partial charge in [-0.15, -0.1) is 0 Å². The first kappa shape index (κ1) is 15.0. The molecule has 0 fully saturated rings. The Bertz CT molecular complexity index is 731. The highest BCUT2D eigenvalue weighted by atomic mass is 16.5. The summed E-state index contributed by atoms with van der Waals surface area (Å²) in [4.78, 5) is 29.8. The van der Waals surface area contributed by atoms with Crippen LogP contribution >= 0.6 is 0 Å². The maximum Gasteiger partial charge on any atom is 0.262 e. The second-order valence-electron chi connectivity index (χ2n) is 5.35. The quantitative estimate of drug-likeness (QED) is 0.933. The van der Waals surface area contributed by atoms with E-state index in [1.807, 2.05) is 12.1 Å². The molecule has 1 N–H and O–H groups in total. The van der Waals surface area contributed by atoms with Crippen LogP contribution in [0.5, 0.6) is 5.75 Å². The molecule has 23 heavy (non-hydrogen) atoms. The summed E-state index contributed by atoms with van der Waals surface area (Å²) in [7, 11) is 1.74. The van der Waals surface area contributed by atoms with Crippen molar-refractivity contribution < 1.29 is 14.3 Å². The van der Waals surface area contributed by atoms with Gasteiger partial charge in [0.05, 0.1) is 11.3 Å². The van der Waals surface area contributed by atoms with E-state index < -0.39 is 0 Å². The third kappa shape index (κ3) is 3.31. The Kier molecular flexibility index (Phi) is 4.23. The summed E-state index contributed by atoms with van der Waals surface area (Å²) in [6.07, 6.45) is 4.21. The molecule has 1 aromatic heterocycles. The highest BCUT2D eigenvalue weighted by Gasteiger charge is 2.23. The van der Waals surface area contributed by atoms with E-state index in [0.717, 1.165) is 12.0 Å². The first-order chi connectivity index (χ1) is 11.1. The largest absolute Gasteiger partial charge is 0.482 e. The van der Waals surface area contributed by atoms with E-state index in [9.17, 15) is 9.59 Å². The van der Waals surface area contributed by atoms with Crippen LogP contribution in [0.2, 0.25) is 0 Å². The van der Waals surface area contributed by atoms with Gasteiger partial charge in [0.15, 0.2) is 6.61 Å². The van der Waals surface area contributed by atoms with Crippen molar-refractivity contribution in [2.24, 2.45) is 0 Å². The minimum atomic E-state index is -0.253. The van der Waals surface area contributed by atoms with E-state index in [0.29, 0.717) is 23.5 Å². The van der Waals surface area contributed by atoms with E-state index in [1.54, 1.807) is 42.5 Å². The van der Waals surface area contributed by atoms with E-state index in [-0.39, 0.29) is 18.4 Å². The number of hydrogen-bond acceptors (Lipinski definition) is 4. The molecule has 0 saturated heterocycles. The lowest BCUT2D eigenvalue weighted by Gasteiger charge is -2.23. The summed E-state index contributed by atoms with van der Waals surface area (Å²) in [5, 5.41) is 2.72. The zero-order chi connectivity index (χ0) is 16.2. The smallest absolute Gasteiger partial charge is 0.262 e. The van der Waals surface area contributed by atoms with Crippen molar-refractivity contribution in [2.75, 3.05) is 25.5 Å². The number of rotatable bonds is 4. The molecule has 0 spiro atoms. The molecule has 0 atom stereocenters. The molecule has 2 heterocycles. The molecule has 2 aromatic rings. The van der Waals surface area contributed by atoms with E-state index in [1.165, 1.54) is 0 Å². The Morgan fingerprint density at radius 1 is 1.30 bits per heavy atom. The molecule has 1 aliphatic heterocycles. The number of benzene rings is 1. The molecule has 2 amide bonds. The Morgan fingerprint density at radius 3 is 2.87 bits per heavy atom. The number of likely N-dealkylation sites (N-methyl/N-ethyl adjacent to an activating group) is 1. The zero-order valence-corrected chi connectivity index (χ0v) is 12.8. The number of nitrogens with one attached hydrogen (secondary N) is 1. The first-order valence-electron chi connectivity index (χ1n) is 7.35. The minimum absolute atomic E-state index is 0.0253. The molecule has 0 radical (unpaired) electrons. The van der Waals surface area contributed by atoms with Crippen molar-refractivity contribution in [1.29, 1.82) is 0 Å². The van der Waals surface area contributed by atoms with Crippen LogP contribution in [0.4, 0.5) is 5.69 Å². The number of carbonyl (C=O) groups is 2. The summed E-state index contributed by atoms with van der Waals surface area (Å²) in [5.41, 5.74) is 2.00. The van der Waals surface area contributed by atoms with Crippen molar-refractivity contribution in [3.63, 3.8) is 0 Å². The van der Waals surface area contributed by atoms with Crippen LogP contribution in [-0.4, -0.2) is 41.9 Å². The predicted octanol–water partition coefficient (Wildman–Crippen LogP) is 1.73. The van der Waals surface area contributed by atoms with Crippen LogP contribution < -0.4 is 10.1 Å². The summed E-state index contributed by atoms with van der Waals surface area (Å²) >= 11 is 0. The van der Waals surface area contributed by atoms with Gasteiger partial charge in [0.1, 0.15) is 5.75 Å². The molecule has 3 rings (SSSR count). The van der Waals surface area contributed by atoms with Crippen LogP contribution in [0.15, 0.2) is 42.7 Å². The Balaban J connectivity index is 1.74. The fourth-order valence-electron chi connectivity index (χ4n) is 2.43. The van der Waals surface area contributed by atoms with Crippen LogP contribution in [-0.2, 0) is 11.2 Å². The standard InChI is InChI=1S/C17H17N3O3/c1-20(10-7-12-5-8-18-9-6-12)17(22)13-3-2-4-14-16(13)19-15(21)11-23-14/h2-6,8-9H,7,10-11H2,1H3,(H,19,21). The SMILES string of the molecule is CN(CCc1ccncc1)C(=O)c1cccc2c1NC(=O)CO2. The van der Waals surface area contributed by atoms with Crippen molar-refractivity contribution in [2.45, 2.75) is 6.42 Å². The second-order valence-corrected chi connectivity index (χ2v) is 5.35. The number of nitrogens with zero attached hydrogens (tertiary/aromatic N) is 2. The van der Waals surface area contributed by atoms with Crippen molar-refractivity contribution in [3.05, 3.63) is 53.9 Å². The molecule has 0 unspecified atom stereocenters. The number of carbonyl (C=O) groups excluding carboxylic acids is 2. The van der Waals surface area contributed by atoms with Gasteiger partial charge in [0, 0.05) is 26.0 Å². The van der Waals surface area contributed by atoms with Gasteiger partial charge >= 0.3 is 0 Å². The van der Waals surface area contributed by atoms with Crippen molar-refractivity contribution >= 4 is 17.5 Å². The molecule has 118 valence electrons. The maximum absolute atomic E-state index is 12.7. The fourth-order valence-corrected chi connectivity index (χ4v) is 2.43. The molecular formula is C17H17N3O3. The van der Waals surface area contributed by atoms with Gasteiger partial charge < -0.3 is 15.0 Å². The number of fused-ring (bicyclic) bond motifs is 1. The number of aromatic nitrogens is 1. The average molecular weight is 311 g/mol. The van der Waals surface area contributed by atoms with Crippen molar-refractivity contribution in [1.82, 2.24) is 9.88 Å². The van der Waals surface area contributed by atoms with E-state index in [2.05, 4.69) is 10.3 Å². The lowest BCUT2D eigenvalue weighted by atomic mass is 10.1. The third-order valence-corrected chi connectivity index (χ3v) is 3.71. The summed E-state index contributed by atoms with van der Waals surface area (Å²) < 4.78 is 5.35. The maximum atomic E-state index is 12.7. The summed E-state index contributed by atoms with van der Waals surface area (Å²) in [6, 6.07) is 9.04. The monoisotopic (exact) mass is 311 g/mol. The van der Waals surface area contributed by atoms with Gasteiger partial charge in [-0.3, -0.25) is 14.6 Å². The Morgan fingerprint density at radius 2 is 2.09 bits per heavy atom. The van der Waals surface area contributed by atoms with Crippen LogP contribution in [0, 0.1) is 0 Å². The Labute approximate surface area is 134 Å². The van der Waals surface area contributed by atoms with E-state index in [4.69, 9.17) is 4.74 Å². The van der Waals surface area contributed by atoms with Crippen LogP contribution in [0.1, 0.15) is 15.9 Å². The fraction of sp³-hybridized carbons (Fsp3) is 0.235. The van der Waals surface area contributed by atoms with Gasteiger partial charge in [-0.1, -0.05) is 6.07 Å². The lowest BCUT2D eigenvalue weighted by molar-refractivity contribution is -0.118. The number of hydrogen-bond donors (Lipinski definition) is 1. The average Bonchev–Trinajstić information content (AvgIpc) is 2.59. The minimum Gasteiger partial charge on any atom is -0.482 e. The first-order valence-corrected chi connectivity index (χ1v) is 7.35. The zero-order valence-electron chi connectivity index (χ0n) is 12.8. The molecular weight excluding hydrogens is 294 g/mol. The predicted molar refractivity (Wildman–Crippen MR) is 85.5 cm³/mol. The number of para-hydroxylation sites is 1. The van der Waals surface area contributed by atoms with E-state index >= 15 is 0 Å². The Hall–Kier alpha value is -2.89. The molecule has 6 nitrogen and oxygen atoms in total. The van der Waals surface area contributed by atoms with Gasteiger partial charge in [0.2, 0.25) is 0 Å². The van der Waals surface area contributed by atoms with Gasteiger partial charge in [-0.05, 0) is 36.2 Å². The molecule has 1 aromatic carbocycles. The van der Waals surface area contributed by atoms with Crippen LogP contribution in [0.3, 0.4) is 0 Å². The molecule has 0 bridgehead atoms. The highest BCUT2D eigenvalue weighted by molar-refractivity contribution is 6.06. The molecule has 1 aliphatic rings. The van der Waals surface area contributed by atoms with Crippen molar-refractivity contribution in [3.8, 4) is 5.75 Å². The third-order valence-electron chi connectivity index (χ3n) is 3.71. The number of ether oxygens (including phenoxy) is 1.